The van der Waals surface area contributed by atoms with Crippen LogP contribution in [0, 0.1) is 6.92 Å². The van der Waals surface area contributed by atoms with Crippen molar-refractivity contribution >= 4 is 11.7 Å². The summed E-state index contributed by atoms with van der Waals surface area (Å²) in [6, 6.07) is 19.2. The second-order valence-electron chi connectivity index (χ2n) is 7.16. The fraction of sp³-hybridized carbons (Fsp3) is 0.208. The van der Waals surface area contributed by atoms with Gasteiger partial charge in [0, 0.05) is 30.9 Å². The van der Waals surface area contributed by atoms with Crippen LogP contribution < -0.4 is 15.4 Å². The number of amidine groups is 1. The number of aryl methyl sites for hydroxylation is 1. The first-order chi connectivity index (χ1) is 14.7. The van der Waals surface area contributed by atoms with Crippen LogP contribution in [-0.2, 0) is 6.42 Å². The average molecular weight is 400 g/mol. The third-order valence-corrected chi connectivity index (χ3v) is 4.76. The number of nitrogens with zero attached hydrogens (tertiary/aromatic N) is 2. The minimum atomic E-state index is -0.0566. The normalized spacial score (nSPS) is 12.8. The Bertz CT molecular complexity index is 1080. The van der Waals surface area contributed by atoms with Crippen LogP contribution in [0.2, 0.25) is 0 Å². The molecule has 2 heterocycles. The molecule has 0 radical (unpaired) electrons. The van der Waals surface area contributed by atoms with Gasteiger partial charge in [-0.25, -0.2) is 0 Å². The number of aromatic nitrogens is 1. The number of hydrogen-bond acceptors (Lipinski definition) is 5. The van der Waals surface area contributed by atoms with Gasteiger partial charge in [-0.1, -0.05) is 29.8 Å². The molecule has 0 spiro atoms. The lowest BCUT2D eigenvalue weighted by Gasteiger charge is -2.10. The molecule has 4 rings (SSSR count). The lowest BCUT2D eigenvalue weighted by molar-refractivity contribution is 0.0954. The molecule has 1 amide bonds. The number of ether oxygens (including phenoxy) is 1. The van der Waals surface area contributed by atoms with E-state index in [1.54, 1.807) is 6.20 Å². The summed E-state index contributed by atoms with van der Waals surface area (Å²) in [6.07, 6.45) is 2.44. The Morgan fingerprint density at radius 2 is 1.97 bits per heavy atom. The first-order valence-corrected chi connectivity index (χ1v) is 10.0. The van der Waals surface area contributed by atoms with Crippen LogP contribution in [0.3, 0.4) is 0 Å². The highest BCUT2D eigenvalue weighted by molar-refractivity contribution is 5.98. The Morgan fingerprint density at radius 1 is 1.10 bits per heavy atom. The first kappa shape index (κ1) is 19.6. The number of aliphatic imine (C=N–C) groups is 1. The molecule has 2 aromatic carbocycles. The highest BCUT2D eigenvalue weighted by Gasteiger charge is 2.11. The third-order valence-electron chi connectivity index (χ3n) is 4.76. The highest BCUT2D eigenvalue weighted by Crippen LogP contribution is 2.23. The van der Waals surface area contributed by atoms with Crippen molar-refractivity contribution in [1.29, 1.82) is 0 Å². The molecule has 2 N–H and O–H groups in total. The molecule has 6 heteroatoms. The highest BCUT2D eigenvalue weighted by atomic mass is 16.5. The van der Waals surface area contributed by atoms with E-state index in [0.717, 1.165) is 47.9 Å². The molecule has 0 saturated carbocycles. The zero-order chi connectivity index (χ0) is 20.8. The van der Waals surface area contributed by atoms with Crippen molar-refractivity contribution in [2.45, 2.75) is 13.3 Å². The van der Waals surface area contributed by atoms with Crippen molar-refractivity contribution in [2.75, 3.05) is 19.6 Å². The molecular weight excluding hydrogens is 376 g/mol. The first-order valence-electron chi connectivity index (χ1n) is 10.0. The number of rotatable bonds is 7. The molecule has 152 valence electrons. The van der Waals surface area contributed by atoms with E-state index in [4.69, 9.17) is 4.74 Å². The maximum absolute atomic E-state index is 12.3. The molecule has 0 fully saturated rings. The van der Waals surface area contributed by atoms with Gasteiger partial charge in [0.25, 0.3) is 5.91 Å². The van der Waals surface area contributed by atoms with E-state index in [9.17, 15) is 4.79 Å². The van der Waals surface area contributed by atoms with Gasteiger partial charge in [0.05, 0.1) is 6.54 Å². The fourth-order valence-electron chi connectivity index (χ4n) is 3.28. The van der Waals surface area contributed by atoms with Crippen LogP contribution >= 0.6 is 0 Å². The number of amides is 1. The van der Waals surface area contributed by atoms with E-state index in [1.165, 1.54) is 0 Å². The summed E-state index contributed by atoms with van der Waals surface area (Å²) in [5, 5.41) is 6.19. The van der Waals surface area contributed by atoms with Gasteiger partial charge in [-0.05, 0) is 49.2 Å². The summed E-state index contributed by atoms with van der Waals surface area (Å²) >= 11 is 0. The Labute approximate surface area is 176 Å². The van der Waals surface area contributed by atoms with Gasteiger partial charge in [-0.2, -0.15) is 0 Å². The van der Waals surface area contributed by atoms with Crippen LogP contribution in [0.4, 0.5) is 0 Å². The third kappa shape index (κ3) is 5.03. The summed E-state index contributed by atoms with van der Waals surface area (Å²) in [6.45, 7) is 4.14. The topological polar surface area (TPSA) is 75.6 Å². The SMILES string of the molecule is Cc1cccc(C(=O)NCCc2cccc(Oc3ccnc(C4=NCCN4)c3)c2)c1. The Morgan fingerprint density at radius 3 is 2.80 bits per heavy atom. The molecule has 1 aliphatic heterocycles. The molecule has 1 aliphatic rings. The van der Waals surface area contributed by atoms with E-state index in [2.05, 4.69) is 20.6 Å². The maximum Gasteiger partial charge on any atom is 0.251 e. The molecule has 0 bridgehead atoms. The van der Waals surface area contributed by atoms with Gasteiger partial charge in [-0.3, -0.25) is 14.8 Å². The average Bonchev–Trinajstić information content (AvgIpc) is 3.29. The number of carbonyl (C=O) groups excluding carboxylic acids is 1. The minimum absolute atomic E-state index is 0.0566. The van der Waals surface area contributed by atoms with Gasteiger partial charge in [0.2, 0.25) is 0 Å². The van der Waals surface area contributed by atoms with Crippen molar-refractivity contribution in [3.05, 3.63) is 89.2 Å². The van der Waals surface area contributed by atoms with Gasteiger partial charge in [-0.15, -0.1) is 0 Å². The number of carbonyl (C=O) groups is 1. The van der Waals surface area contributed by atoms with Gasteiger partial charge in [0.15, 0.2) is 0 Å². The Balaban J connectivity index is 1.35. The van der Waals surface area contributed by atoms with Crippen LogP contribution in [0.15, 0.2) is 71.9 Å². The van der Waals surface area contributed by atoms with Crippen molar-refractivity contribution in [3.63, 3.8) is 0 Å². The van der Waals surface area contributed by atoms with Gasteiger partial charge in [0.1, 0.15) is 23.0 Å². The summed E-state index contributed by atoms with van der Waals surface area (Å²) in [4.78, 5) is 21.0. The van der Waals surface area contributed by atoms with Crippen molar-refractivity contribution in [2.24, 2.45) is 4.99 Å². The predicted molar refractivity (Wildman–Crippen MR) is 117 cm³/mol. The maximum atomic E-state index is 12.3. The number of hydrogen-bond donors (Lipinski definition) is 2. The van der Waals surface area contributed by atoms with E-state index in [0.29, 0.717) is 17.9 Å². The molecular formula is C24H24N4O2. The Kier molecular flexibility index (Phi) is 6.03. The lowest BCUT2D eigenvalue weighted by atomic mass is 10.1. The quantitative estimate of drug-likeness (QED) is 0.636. The number of pyridine rings is 1. The van der Waals surface area contributed by atoms with Gasteiger partial charge < -0.3 is 15.4 Å². The zero-order valence-electron chi connectivity index (χ0n) is 16.9. The molecule has 30 heavy (non-hydrogen) atoms. The molecule has 0 unspecified atom stereocenters. The summed E-state index contributed by atoms with van der Waals surface area (Å²) in [5.41, 5.74) is 3.62. The van der Waals surface area contributed by atoms with Crippen molar-refractivity contribution in [3.8, 4) is 11.5 Å². The molecule has 3 aromatic rings. The number of nitrogens with one attached hydrogen (secondary N) is 2. The number of benzene rings is 2. The van der Waals surface area contributed by atoms with E-state index >= 15 is 0 Å². The van der Waals surface area contributed by atoms with Crippen LogP contribution in [0.1, 0.15) is 27.2 Å². The van der Waals surface area contributed by atoms with Crippen LogP contribution in [0.5, 0.6) is 11.5 Å². The van der Waals surface area contributed by atoms with E-state index < -0.39 is 0 Å². The molecule has 0 atom stereocenters. The lowest BCUT2D eigenvalue weighted by Crippen LogP contribution is -2.25. The second-order valence-corrected chi connectivity index (χ2v) is 7.16. The van der Waals surface area contributed by atoms with E-state index in [1.807, 2.05) is 67.6 Å². The minimum Gasteiger partial charge on any atom is -0.457 e. The van der Waals surface area contributed by atoms with Gasteiger partial charge >= 0.3 is 0 Å². The molecule has 0 aliphatic carbocycles. The fourth-order valence-corrected chi connectivity index (χ4v) is 3.28. The second kappa shape index (κ2) is 9.22. The summed E-state index contributed by atoms with van der Waals surface area (Å²) < 4.78 is 6.02. The molecule has 6 nitrogen and oxygen atoms in total. The standard InChI is InChI=1S/C24H24N4O2/c1-17-4-2-6-19(14-17)24(29)28-10-8-18-5-3-7-20(15-18)30-21-9-11-25-22(16-21)23-26-12-13-27-23/h2-7,9,11,14-16H,8,10,12-13H2,1H3,(H,26,27)(H,28,29). The monoisotopic (exact) mass is 400 g/mol. The van der Waals surface area contributed by atoms with Crippen LogP contribution in [0.25, 0.3) is 0 Å². The predicted octanol–water partition coefficient (Wildman–Crippen LogP) is 3.50. The zero-order valence-corrected chi connectivity index (χ0v) is 16.9. The smallest absolute Gasteiger partial charge is 0.251 e. The molecule has 0 saturated heterocycles. The Hall–Kier alpha value is -3.67. The van der Waals surface area contributed by atoms with Crippen LogP contribution in [-0.4, -0.2) is 36.4 Å². The van der Waals surface area contributed by atoms with Crippen molar-refractivity contribution < 1.29 is 9.53 Å². The largest absolute Gasteiger partial charge is 0.457 e. The molecule has 1 aromatic heterocycles. The summed E-state index contributed by atoms with van der Waals surface area (Å²) in [7, 11) is 0. The summed E-state index contributed by atoms with van der Waals surface area (Å²) in [5.74, 6) is 2.20. The van der Waals surface area contributed by atoms with E-state index in [-0.39, 0.29) is 5.91 Å². The van der Waals surface area contributed by atoms with Crippen molar-refractivity contribution in [1.82, 2.24) is 15.6 Å².